The van der Waals surface area contributed by atoms with Gasteiger partial charge in [0.25, 0.3) is 0 Å². The van der Waals surface area contributed by atoms with Gasteiger partial charge < -0.3 is 47.5 Å². The van der Waals surface area contributed by atoms with Crippen molar-refractivity contribution in [2.45, 2.75) is 50.0 Å². The maximum atomic E-state index is 9.77. The summed E-state index contributed by atoms with van der Waals surface area (Å²) in [6, 6.07) is 1.59. The molecule has 0 amide bonds. The van der Waals surface area contributed by atoms with Crippen LogP contribution in [0, 0.1) is 0 Å². The maximum Gasteiger partial charge on any atom is 0.335 e. The van der Waals surface area contributed by atoms with Crippen LogP contribution in [-0.2, 0) is 9.59 Å². The van der Waals surface area contributed by atoms with Crippen LogP contribution in [0.15, 0.2) is 0 Å². The molecule has 0 aromatic carbocycles. The molecule has 2 aliphatic heterocycles. The minimum atomic E-state index is -2.27. The fraction of sp³-hybridized carbons (Fsp3) is 0.833. The van der Waals surface area contributed by atoms with E-state index < -0.39 is 24.1 Å². The third-order valence-electron chi connectivity index (χ3n) is 3.49. The third kappa shape index (κ3) is 8.76. The zero-order valence-corrected chi connectivity index (χ0v) is 12.7. The number of carboxylic acid groups (broad SMARTS) is 2. The molecule has 2 rings (SSSR count). The van der Waals surface area contributed by atoms with Crippen LogP contribution in [0.5, 0.6) is 0 Å². The first-order valence-corrected chi connectivity index (χ1v) is 6.72. The fourth-order valence-electron chi connectivity index (χ4n) is 2.38. The van der Waals surface area contributed by atoms with Crippen molar-refractivity contribution in [2.24, 2.45) is 0 Å². The number of hydrogen-bond donors (Lipinski definition) is 6. The third-order valence-corrected chi connectivity index (χ3v) is 3.49. The lowest BCUT2D eigenvalue weighted by Gasteiger charge is -2.17. The van der Waals surface area contributed by atoms with Crippen LogP contribution in [0.4, 0.5) is 0 Å². The Labute approximate surface area is 133 Å². The van der Waals surface area contributed by atoms with E-state index in [1.54, 1.807) is 0 Å². The Kier molecular flexibility index (Phi) is 15.2. The Bertz CT molecular complexity index is 298. The highest BCUT2D eigenvalue weighted by molar-refractivity contribution is 5.83. The van der Waals surface area contributed by atoms with E-state index in [1.165, 1.54) is 38.8 Å². The molecule has 0 radical (unpaired) electrons. The van der Waals surface area contributed by atoms with Crippen LogP contribution in [0.3, 0.4) is 0 Å². The van der Waals surface area contributed by atoms with Gasteiger partial charge in [-0.1, -0.05) is 0 Å². The number of carboxylic acids is 2. The minimum absolute atomic E-state index is 0. The van der Waals surface area contributed by atoms with Crippen LogP contribution in [-0.4, -0.2) is 86.2 Å². The number of aliphatic hydroxyl groups is 2. The van der Waals surface area contributed by atoms with E-state index in [2.05, 4.69) is 10.6 Å². The van der Waals surface area contributed by atoms with Crippen LogP contribution >= 0.6 is 0 Å². The maximum absolute atomic E-state index is 9.77. The van der Waals surface area contributed by atoms with Crippen molar-refractivity contribution in [1.82, 2.24) is 10.6 Å². The first-order valence-electron chi connectivity index (χ1n) is 6.72. The van der Waals surface area contributed by atoms with Crippen molar-refractivity contribution in [1.29, 1.82) is 0 Å². The molecule has 0 aromatic heterocycles. The van der Waals surface area contributed by atoms with Gasteiger partial charge in [0.1, 0.15) is 0 Å². The summed E-state index contributed by atoms with van der Waals surface area (Å²) in [6.45, 7) is 2.48. The van der Waals surface area contributed by atoms with E-state index in [-0.39, 0.29) is 16.4 Å². The van der Waals surface area contributed by atoms with Crippen molar-refractivity contribution >= 4 is 11.9 Å². The summed E-state index contributed by atoms with van der Waals surface area (Å²) in [5, 5.41) is 39.6. The smallest absolute Gasteiger partial charge is 0.335 e. The van der Waals surface area contributed by atoms with Gasteiger partial charge in [-0.3, -0.25) is 0 Å². The quantitative estimate of drug-likeness (QED) is 0.292. The summed E-state index contributed by atoms with van der Waals surface area (Å²) < 4.78 is 0. The molecule has 0 bridgehead atoms. The summed E-state index contributed by atoms with van der Waals surface area (Å²) in [5.74, 6) is -3.54. The van der Waals surface area contributed by atoms with Crippen LogP contribution in [0.1, 0.15) is 25.7 Å². The van der Waals surface area contributed by atoms with Gasteiger partial charge in [0, 0.05) is 12.1 Å². The lowest BCUT2D eigenvalue weighted by Crippen LogP contribution is -2.40. The Hall–Kier alpha value is -1.34. The van der Waals surface area contributed by atoms with Crippen LogP contribution in [0.25, 0.3) is 0 Å². The summed E-state index contributed by atoms with van der Waals surface area (Å²) in [7, 11) is 0. The first-order chi connectivity index (χ1) is 9.43. The molecule has 2 saturated heterocycles. The molecule has 11 heteroatoms. The van der Waals surface area contributed by atoms with E-state index in [4.69, 9.17) is 20.4 Å². The predicted octanol–water partition coefficient (Wildman–Crippen LogP) is -4.11. The number of aliphatic hydroxyl groups excluding tert-OH is 2. The molecule has 0 spiro atoms. The summed E-state index contributed by atoms with van der Waals surface area (Å²) in [6.07, 6.45) is 0.996. The zero-order valence-electron chi connectivity index (χ0n) is 12.7. The van der Waals surface area contributed by atoms with E-state index in [0.717, 1.165) is 12.1 Å². The molecule has 140 valence electrons. The van der Waals surface area contributed by atoms with Gasteiger partial charge in [0.15, 0.2) is 12.2 Å². The molecule has 12 N–H and O–H groups in total. The summed E-state index contributed by atoms with van der Waals surface area (Å²) >= 11 is 0. The zero-order chi connectivity index (χ0) is 15.1. The van der Waals surface area contributed by atoms with Crippen molar-refractivity contribution in [3.05, 3.63) is 0 Å². The number of aliphatic carboxylic acids is 2. The summed E-state index contributed by atoms with van der Waals surface area (Å²) in [5.41, 5.74) is 0. The Morgan fingerprint density at radius 3 is 1.26 bits per heavy atom. The van der Waals surface area contributed by atoms with Gasteiger partial charge in [-0.05, 0) is 38.8 Å². The Balaban J connectivity index is -0.000000308. The topological polar surface area (TPSA) is 234 Å². The molecule has 0 aliphatic carbocycles. The molecule has 2 heterocycles. The number of rotatable bonds is 4. The highest BCUT2D eigenvalue weighted by Gasteiger charge is 2.29. The SMILES string of the molecule is C1CNC(C2CCCN2)C1.O.O.O.O=C(O)[C@@H](O)[C@H](O)C(=O)O. The second kappa shape index (κ2) is 13.1. The average molecular weight is 344 g/mol. The van der Waals surface area contributed by atoms with Crippen LogP contribution in [0.2, 0.25) is 0 Å². The normalized spacial score (nSPS) is 24.6. The standard InChI is InChI=1S/C8H16N2.C4H6O6.3H2O/c1-3-7(9-5-1)8-4-2-6-10-8;5-1(3(7)8)2(6)4(9)10;;;/h7-10H,1-6H2;1-2,5-6H,(H,7,8)(H,9,10);3*1H2/t;1-,2-;;;/m.0.../s1. The molecule has 2 unspecified atom stereocenters. The first kappa shape index (κ1) is 26.6. The number of carbonyl (C=O) groups is 2. The van der Waals surface area contributed by atoms with Gasteiger partial charge in [-0.15, -0.1) is 0 Å². The molecule has 2 fully saturated rings. The minimum Gasteiger partial charge on any atom is -0.479 e. The van der Waals surface area contributed by atoms with E-state index in [0.29, 0.717) is 0 Å². The second-order valence-corrected chi connectivity index (χ2v) is 4.97. The molecule has 2 aliphatic rings. The van der Waals surface area contributed by atoms with E-state index in [9.17, 15) is 9.59 Å². The molecule has 11 nitrogen and oxygen atoms in total. The molecule has 23 heavy (non-hydrogen) atoms. The summed E-state index contributed by atoms with van der Waals surface area (Å²) in [4.78, 5) is 19.5. The largest absolute Gasteiger partial charge is 0.479 e. The molecule has 0 saturated carbocycles. The van der Waals surface area contributed by atoms with Crippen LogP contribution < -0.4 is 10.6 Å². The fourth-order valence-corrected chi connectivity index (χ4v) is 2.38. The van der Waals surface area contributed by atoms with Gasteiger partial charge >= 0.3 is 11.9 Å². The highest BCUT2D eigenvalue weighted by Crippen LogP contribution is 2.16. The lowest BCUT2D eigenvalue weighted by atomic mass is 10.1. The number of nitrogens with one attached hydrogen (secondary N) is 2. The Morgan fingerprint density at radius 2 is 1.09 bits per heavy atom. The van der Waals surface area contributed by atoms with Crippen molar-refractivity contribution in [3.63, 3.8) is 0 Å². The Morgan fingerprint density at radius 1 is 0.783 bits per heavy atom. The lowest BCUT2D eigenvalue weighted by molar-refractivity contribution is -0.165. The van der Waals surface area contributed by atoms with Crippen molar-refractivity contribution in [3.8, 4) is 0 Å². The molecule has 0 aromatic rings. The van der Waals surface area contributed by atoms with Crippen molar-refractivity contribution in [2.75, 3.05) is 13.1 Å². The van der Waals surface area contributed by atoms with Gasteiger partial charge in [-0.2, -0.15) is 0 Å². The molecule has 4 atom stereocenters. The van der Waals surface area contributed by atoms with Crippen molar-refractivity contribution < 1.29 is 46.4 Å². The van der Waals surface area contributed by atoms with E-state index in [1.807, 2.05) is 0 Å². The average Bonchev–Trinajstić information content (AvgIpc) is 3.08. The van der Waals surface area contributed by atoms with E-state index >= 15 is 0 Å². The van der Waals surface area contributed by atoms with Gasteiger partial charge in [0.05, 0.1) is 0 Å². The second-order valence-electron chi connectivity index (χ2n) is 4.97. The predicted molar refractivity (Wildman–Crippen MR) is 80.2 cm³/mol. The number of hydrogen-bond acceptors (Lipinski definition) is 6. The monoisotopic (exact) mass is 344 g/mol. The van der Waals surface area contributed by atoms with Gasteiger partial charge in [0.2, 0.25) is 0 Å². The highest BCUT2D eigenvalue weighted by atomic mass is 16.4. The van der Waals surface area contributed by atoms with Gasteiger partial charge in [-0.25, -0.2) is 9.59 Å². The molecular formula is C12H28N2O9. The molecular weight excluding hydrogens is 316 g/mol.